The van der Waals surface area contributed by atoms with Gasteiger partial charge in [0.05, 0.1) is 28.2 Å². The number of hydrogen-bond acceptors (Lipinski definition) is 5. The van der Waals surface area contributed by atoms with Crippen molar-refractivity contribution in [1.29, 1.82) is 5.26 Å². The number of alkyl halides is 3. The smallest absolute Gasteiger partial charge is 0.353 e. The van der Waals surface area contributed by atoms with Gasteiger partial charge in [-0.25, -0.2) is 9.97 Å². The van der Waals surface area contributed by atoms with Crippen LogP contribution >= 0.6 is 0 Å². The Kier molecular flexibility index (Phi) is 5.08. The Hall–Kier alpha value is -3.18. The highest BCUT2D eigenvalue weighted by Gasteiger charge is 2.33. The molecule has 2 aromatic carbocycles. The van der Waals surface area contributed by atoms with Crippen molar-refractivity contribution in [3.8, 4) is 17.3 Å². The topological polar surface area (TPSA) is 56.1 Å². The van der Waals surface area contributed by atoms with Crippen LogP contribution in [0.3, 0.4) is 0 Å². The van der Waals surface area contributed by atoms with E-state index in [-0.39, 0.29) is 11.1 Å². The fourth-order valence-electron chi connectivity index (χ4n) is 3.75. The van der Waals surface area contributed by atoms with Crippen molar-refractivity contribution in [1.82, 2.24) is 14.9 Å². The molecule has 0 spiro atoms. The number of fused-ring (bicyclic) bond motifs is 1. The van der Waals surface area contributed by atoms with E-state index in [1.54, 1.807) is 6.07 Å². The zero-order valence-corrected chi connectivity index (χ0v) is 16.6. The summed E-state index contributed by atoms with van der Waals surface area (Å²) in [5.41, 5.74) is 0.935. The molecule has 0 N–H and O–H groups in total. The third-order valence-corrected chi connectivity index (χ3v) is 5.41. The van der Waals surface area contributed by atoms with Gasteiger partial charge in [-0.15, -0.1) is 0 Å². The second-order valence-corrected chi connectivity index (χ2v) is 7.65. The Morgan fingerprint density at radius 3 is 2.40 bits per heavy atom. The van der Waals surface area contributed by atoms with E-state index in [9.17, 15) is 18.4 Å². The molecule has 1 aliphatic rings. The van der Waals surface area contributed by atoms with Crippen molar-refractivity contribution in [3.05, 3.63) is 53.6 Å². The highest BCUT2D eigenvalue weighted by molar-refractivity contribution is 5.84. The van der Waals surface area contributed by atoms with Gasteiger partial charge >= 0.3 is 6.18 Å². The number of halogens is 3. The highest BCUT2D eigenvalue weighted by atomic mass is 19.4. The molecule has 4 rings (SSSR count). The molecule has 5 nitrogen and oxygen atoms in total. The molecule has 1 saturated heterocycles. The molecule has 154 valence electrons. The molecule has 1 aliphatic heterocycles. The maximum Gasteiger partial charge on any atom is 0.416 e. The fourth-order valence-corrected chi connectivity index (χ4v) is 3.75. The number of anilines is 1. The van der Waals surface area contributed by atoms with E-state index in [4.69, 9.17) is 4.98 Å². The molecule has 3 aromatic rings. The van der Waals surface area contributed by atoms with E-state index in [0.29, 0.717) is 35.1 Å². The Labute approximate surface area is 172 Å². The van der Waals surface area contributed by atoms with Gasteiger partial charge in [-0.1, -0.05) is 12.1 Å². The van der Waals surface area contributed by atoms with Gasteiger partial charge in [0.2, 0.25) is 0 Å². The largest absolute Gasteiger partial charge is 0.416 e. The van der Waals surface area contributed by atoms with Crippen LogP contribution in [0.25, 0.3) is 22.3 Å². The van der Waals surface area contributed by atoms with Gasteiger partial charge in [-0.2, -0.15) is 18.4 Å². The lowest BCUT2D eigenvalue weighted by Crippen LogP contribution is -2.32. The molecule has 0 amide bonds. The average molecular weight is 411 g/mol. The summed E-state index contributed by atoms with van der Waals surface area (Å²) in [5, 5.41) is 9.28. The van der Waals surface area contributed by atoms with Gasteiger partial charge in [0.1, 0.15) is 5.69 Å². The van der Waals surface area contributed by atoms with Crippen molar-refractivity contribution in [2.75, 3.05) is 32.1 Å². The third-order valence-electron chi connectivity index (χ3n) is 5.41. The minimum absolute atomic E-state index is 0.0617. The molecule has 0 saturated carbocycles. The van der Waals surface area contributed by atoms with Crippen molar-refractivity contribution in [2.45, 2.75) is 18.6 Å². The lowest BCUT2D eigenvalue weighted by atomic mass is 10.0. The van der Waals surface area contributed by atoms with Crippen LogP contribution in [0.5, 0.6) is 0 Å². The second-order valence-electron chi connectivity index (χ2n) is 7.65. The first-order chi connectivity index (χ1) is 14.3. The van der Waals surface area contributed by atoms with Crippen LogP contribution in [0.1, 0.15) is 17.5 Å². The van der Waals surface area contributed by atoms with Gasteiger partial charge in [0.15, 0.2) is 5.82 Å². The van der Waals surface area contributed by atoms with Gasteiger partial charge in [-0.05, 0) is 50.8 Å². The molecular formula is C22H20F3N5. The standard InChI is InChI=1S/C22H20F3N5/c1-29(2)17-7-8-30(13-17)21-20(27-18-5-3-4-6-19(18)28-21)15-9-14(12-26)10-16(11-15)22(23,24)25/h3-6,9-11,17H,7-8,13H2,1-2H3. The van der Waals surface area contributed by atoms with Crippen LogP contribution in [-0.4, -0.2) is 48.1 Å². The summed E-state index contributed by atoms with van der Waals surface area (Å²) in [7, 11) is 4.01. The van der Waals surface area contributed by atoms with Gasteiger partial charge in [0, 0.05) is 24.7 Å². The maximum absolute atomic E-state index is 13.4. The lowest BCUT2D eigenvalue weighted by Gasteiger charge is -2.23. The number of aromatic nitrogens is 2. The van der Waals surface area contributed by atoms with E-state index < -0.39 is 11.7 Å². The quantitative estimate of drug-likeness (QED) is 0.642. The van der Waals surface area contributed by atoms with E-state index in [0.717, 1.165) is 25.1 Å². The summed E-state index contributed by atoms with van der Waals surface area (Å²) in [6, 6.07) is 12.8. The number of nitrogens with zero attached hydrogens (tertiary/aromatic N) is 5. The number of likely N-dealkylation sites (N-methyl/N-ethyl adjacent to an activating group) is 1. The zero-order valence-electron chi connectivity index (χ0n) is 16.6. The Morgan fingerprint density at radius 2 is 1.80 bits per heavy atom. The monoisotopic (exact) mass is 411 g/mol. The van der Waals surface area contributed by atoms with E-state index >= 15 is 0 Å². The molecule has 0 radical (unpaired) electrons. The third kappa shape index (κ3) is 3.81. The molecule has 0 aliphatic carbocycles. The predicted molar refractivity (Wildman–Crippen MR) is 109 cm³/mol. The van der Waals surface area contributed by atoms with Crippen LogP contribution in [0.2, 0.25) is 0 Å². The molecule has 1 fully saturated rings. The maximum atomic E-state index is 13.4. The van der Waals surface area contributed by atoms with Gasteiger partial charge < -0.3 is 9.80 Å². The van der Waals surface area contributed by atoms with Crippen molar-refractivity contribution in [2.24, 2.45) is 0 Å². The molecule has 2 heterocycles. The van der Waals surface area contributed by atoms with Crippen LogP contribution in [-0.2, 0) is 6.18 Å². The van der Waals surface area contributed by atoms with Gasteiger partial charge in [-0.3, -0.25) is 0 Å². The number of hydrogen-bond donors (Lipinski definition) is 0. The zero-order chi connectivity index (χ0) is 21.5. The first-order valence-electron chi connectivity index (χ1n) is 9.57. The summed E-state index contributed by atoms with van der Waals surface area (Å²) < 4.78 is 40.3. The molecule has 30 heavy (non-hydrogen) atoms. The van der Waals surface area contributed by atoms with Gasteiger partial charge in [0.25, 0.3) is 0 Å². The van der Waals surface area contributed by atoms with E-state index in [2.05, 4.69) is 14.8 Å². The summed E-state index contributed by atoms with van der Waals surface area (Å²) in [5.74, 6) is 0.543. The number of nitriles is 1. The van der Waals surface area contributed by atoms with Crippen LogP contribution in [0.4, 0.5) is 19.0 Å². The first-order valence-corrected chi connectivity index (χ1v) is 9.57. The average Bonchev–Trinajstić information content (AvgIpc) is 3.22. The number of rotatable bonds is 3. The minimum Gasteiger partial charge on any atom is -0.353 e. The predicted octanol–water partition coefficient (Wildman–Crippen LogP) is 4.33. The van der Waals surface area contributed by atoms with E-state index in [1.165, 1.54) is 6.07 Å². The van der Waals surface area contributed by atoms with Crippen LogP contribution in [0.15, 0.2) is 42.5 Å². The summed E-state index contributed by atoms with van der Waals surface area (Å²) in [6.07, 6.45) is -3.64. The normalized spacial score (nSPS) is 17.0. The molecule has 0 bridgehead atoms. The van der Waals surface area contributed by atoms with Crippen molar-refractivity contribution < 1.29 is 13.2 Å². The minimum atomic E-state index is -4.56. The van der Waals surface area contributed by atoms with Crippen LogP contribution in [0, 0.1) is 11.3 Å². The lowest BCUT2D eigenvalue weighted by molar-refractivity contribution is -0.137. The molecule has 1 atom stereocenters. The summed E-state index contributed by atoms with van der Waals surface area (Å²) in [6.45, 7) is 1.43. The van der Waals surface area contributed by atoms with Crippen molar-refractivity contribution >= 4 is 16.9 Å². The fraction of sp³-hybridized carbons (Fsp3) is 0.318. The van der Waals surface area contributed by atoms with Crippen molar-refractivity contribution in [3.63, 3.8) is 0 Å². The van der Waals surface area contributed by atoms with E-state index in [1.807, 2.05) is 38.4 Å². The number of para-hydroxylation sites is 2. The molecule has 1 aromatic heterocycles. The van der Waals surface area contributed by atoms with Crippen LogP contribution < -0.4 is 4.90 Å². The molecule has 1 unspecified atom stereocenters. The molecular weight excluding hydrogens is 391 g/mol. The Morgan fingerprint density at radius 1 is 1.10 bits per heavy atom. The number of benzene rings is 2. The Bertz CT molecular complexity index is 1130. The second kappa shape index (κ2) is 7.58. The highest BCUT2D eigenvalue weighted by Crippen LogP contribution is 2.37. The Balaban J connectivity index is 1.91. The SMILES string of the molecule is CN(C)C1CCN(c2nc3ccccc3nc2-c2cc(C#N)cc(C(F)(F)F)c2)C1. The summed E-state index contributed by atoms with van der Waals surface area (Å²) >= 11 is 0. The first kappa shape index (κ1) is 20.1. The molecule has 8 heteroatoms. The summed E-state index contributed by atoms with van der Waals surface area (Å²) in [4.78, 5) is 13.6.